The molecule has 0 aromatic heterocycles. The third-order valence-corrected chi connectivity index (χ3v) is 6.00. The molecule has 0 bridgehead atoms. The van der Waals surface area contributed by atoms with E-state index in [2.05, 4.69) is 36.4 Å². The van der Waals surface area contributed by atoms with Gasteiger partial charge in [-0.1, -0.05) is 37.1 Å². The van der Waals surface area contributed by atoms with E-state index in [1.807, 2.05) is 6.92 Å². The maximum Gasteiger partial charge on any atom is 0.161 e. The van der Waals surface area contributed by atoms with Gasteiger partial charge in [-0.05, 0) is 43.0 Å². The molecule has 2 aromatic carbocycles. The van der Waals surface area contributed by atoms with E-state index in [1.54, 1.807) is 7.11 Å². The summed E-state index contributed by atoms with van der Waals surface area (Å²) in [4.78, 5) is 5.21. The number of fused-ring (bicyclic) bond motifs is 3. The maximum absolute atomic E-state index is 5.96. The molecule has 3 nitrogen and oxygen atoms in total. The van der Waals surface area contributed by atoms with E-state index < -0.39 is 0 Å². The zero-order valence-electron chi connectivity index (χ0n) is 16.0. The van der Waals surface area contributed by atoms with Crippen molar-refractivity contribution in [2.75, 3.05) is 13.7 Å². The van der Waals surface area contributed by atoms with Crippen molar-refractivity contribution in [3.8, 4) is 11.5 Å². The van der Waals surface area contributed by atoms with Gasteiger partial charge in [-0.15, -0.1) is 11.6 Å². The molecule has 2 atom stereocenters. The SMILES string of the molecule is CCOc1cc2c(cc1OC)C(c1ccc(CCl)cc1)=NC1CCCCC21. The molecule has 0 radical (unpaired) electrons. The predicted molar refractivity (Wildman–Crippen MR) is 111 cm³/mol. The lowest BCUT2D eigenvalue weighted by Crippen LogP contribution is -2.29. The Bertz CT molecular complexity index is 844. The summed E-state index contributed by atoms with van der Waals surface area (Å²) in [7, 11) is 1.70. The van der Waals surface area contributed by atoms with E-state index in [4.69, 9.17) is 26.1 Å². The van der Waals surface area contributed by atoms with E-state index >= 15 is 0 Å². The number of rotatable bonds is 5. The highest BCUT2D eigenvalue weighted by Crippen LogP contribution is 2.44. The highest BCUT2D eigenvalue weighted by molar-refractivity contribution is 6.17. The normalized spacial score (nSPS) is 21.1. The van der Waals surface area contributed by atoms with E-state index in [0.29, 0.717) is 24.4 Å². The van der Waals surface area contributed by atoms with Gasteiger partial charge in [-0.3, -0.25) is 4.99 Å². The number of hydrogen-bond acceptors (Lipinski definition) is 3. The smallest absolute Gasteiger partial charge is 0.161 e. The molecule has 1 aliphatic carbocycles. The fourth-order valence-corrected chi connectivity index (χ4v) is 4.54. The van der Waals surface area contributed by atoms with Crippen LogP contribution >= 0.6 is 11.6 Å². The number of benzene rings is 2. The predicted octanol–water partition coefficient (Wildman–Crippen LogP) is 5.71. The molecule has 0 N–H and O–H groups in total. The zero-order chi connectivity index (χ0) is 18.8. The molecule has 0 amide bonds. The van der Waals surface area contributed by atoms with Crippen molar-refractivity contribution in [2.45, 2.75) is 50.4 Å². The lowest BCUT2D eigenvalue weighted by Gasteiger charge is -2.36. The van der Waals surface area contributed by atoms with Crippen LogP contribution in [-0.4, -0.2) is 25.5 Å². The van der Waals surface area contributed by atoms with Crippen molar-refractivity contribution in [1.29, 1.82) is 0 Å². The van der Waals surface area contributed by atoms with Gasteiger partial charge >= 0.3 is 0 Å². The van der Waals surface area contributed by atoms with Crippen LogP contribution < -0.4 is 9.47 Å². The molecule has 2 unspecified atom stereocenters. The highest BCUT2D eigenvalue weighted by Gasteiger charge is 2.34. The van der Waals surface area contributed by atoms with Gasteiger partial charge in [0.2, 0.25) is 0 Å². The lowest BCUT2D eigenvalue weighted by molar-refractivity contribution is 0.308. The van der Waals surface area contributed by atoms with Crippen molar-refractivity contribution in [3.63, 3.8) is 0 Å². The number of hydrogen-bond donors (Lipinski definition) is 0. The third kappa shape index (κ3) is 3.45. The molecule has 27 heavy (non-hydrogen) atoms. The van der Waals surface area contributed by atoms with Crippen molar-refractivity contribution >= 4 is 17.3 Å². The first-order valence-corrected chi connectivity index (χ1v) is 10.4. The molecular weight excluding hydrogens is 358 g/mol. The van der Waals surface area contributed by atoms with Crippen LogP contribution in [0, 0.1) is 0 Å². The van der Waals surface area contributed by atoms with Gasteiger partial charge in [-0.2, -0.15) is 0 Å². The van der Waals surface area contributed by atoms with Crippen LogP contribution in [-0.2, 0) is 5.88 Å². The van der Waals surface area contributed by atoms with Crippen LogP contribution in [0.3, 0.4) is 0 Å². The summed E-state index contributed by atoms with van der Waals surface area (Å²) >= 11 is 5.96. The molecule has 1 heterocycles. The first kappa shape index (κ1) is 18.4. The number of alkyl halides is 1. The molecule has 142 valence electrons. The van der Waals surface area contributed by atoms with Crippen LogP contribution in [0.25, 0.3) is 0 Å². The first-order valence-electron chi connectivity index (χ1n) is 9.83. The number of ether oxygens (including phenoxy) is 2. The summed E-state index contributed by atoms with van der Waals surface area (Å²) in [5, 5.41) is 0. The van der Waals surface area contributed by atoms with Crippen molar-refractivity contribution < 1.29 is 9.47 Å². The standard InChI is InChI=1S/C23H26ClNO2/c1-3-27-22-12-18-17-6-4-5-7-20(17)25-23(19(18)13-21(22)26-2)16-10-8-15(14-24)9-11-16/h8-13,17,20H,3-7,14H2,1-2H3. The average Bonchev–Trinajstić information content (AvgIpc) is 2.73. The van der Waals surface area contributed by atoms with Crippen LogP contribution in [0.4, 0.5) is 0 Å². The molecule has 0 spiro atoms. The quantitative estimate of drug-likeness (QED) is 0.619. The average molecular weight is 384 g/mol. The van der Waals surface area contributed by atoms with Gasteiger partial charge in [0.1, 0.15) is 0 Å². The van der Waals surface area contributed by atoms with Crippen molar-refractivity contribution in [3.05, 3.63) is 58.7 Å². The molecule has 1 aliphatic heterocycles. The molecule has 2 aliphatic rings. The minimum atomic E-state index is 0.358. The second kappa shape index (κ2) is 7.93. The molecule has 0 saturated heterocycles. The van der Waals surface area contributed by atoms with Gasteiger partial charge in [0.15, 0.2) is 11.5 Å². The van der Waals surface area contributed by atoms with Gasteiger partial charge in [0, 0.05) is 22.9 Å². The number of halogens is 1. The first-order chi connectivity index (χ1) is 13.2. The Morgan fingerprint density at radius 3 is 2.56 bits per heavy atom. The van der Waals surface area contributed by atoms with E-state index in [0.717, 1.165) is 34.8 Å². The summed E-state index contributed by atoms with van der Waals surface area (Å²) in [5.41, 5.74) is 5.86. The molecule has 1 saturated carbocycles. The van der Waals surface area contributed by atoms with Crippen LogP contribution in [0.1, 0.15) is 60.8 Å². The maximum atomic E-state index is 5.96. The lowest BCUT2D eigenvalue weighted by atomic mass is 9.75. The Morgan fingerprint density at radius 2 is 1.85 bits per heavy atom. The van der Waals surface area contributed by atoms with Gasteiger partial charge in [-0.25, -0.2) is 0 Å². The van der Waals surface area contributed by atoms with Gasteiger partial charge < -0.3 is 9.47 Å². The van der Waals surface area contributed by atoms with Gasteiger partial charge in [0.25, 0.3) is 0 Å². The van der Waals surface area contributed by atoms with Crippen molar-refractivity contribution in [2.24, 2.45) is 4.99 Å². The number of aliphatic imine (C=N–C) groups is 1. The van der Waals surface area contributed by atoms with Crippen LogP contribution in [0.2, 0.25) is 0 Å². The summed E-state index contributed by atoms with van der Waals surface area (Å²) in [5.74, 6) is 2.61. The van der Waals surface area contributed by atoms with Gasteiger partial charge in [0.05, 0.1) is 25.5 Å². The third-order valence-electron chi connectivity index (χ3n) is 5.70. The minimum Gasteiger partial charge on any atom is -0.493 e. The molecule has 4 heteroatoms. The number of methoxy groups -OCH3 is 1. The second-order valence-corrected chi connectivity index (χ2v) is 7.56. The molecule has 1 fully saturated rings. The molecule has 2 aromatic rings. The summed E-state index contributed by atoms with van der Waals surface area (Å²) < 4.78 is 11.5. The number of nitrogens with zero attached hydrogens (tertiary/aromatic N) is 1. The highest BCUT2D eigenvalue weighted by atomic mass is 35.5. The summed E-state index contributed by atoms with van der Waals surface area (Å²) in [6, 6.07) is 13.1. The second-order valence-electron chi connectivity index (χ2n) is 7.29. The van der Waals surface area contributed by atoms with Crippen molar-refractivity contribution in [1.82, 2.24) is 0 Å². The largest absolute Gasteiger partial charge is 0.493 e. The monoisotopic (exact) mass is 383 g/mol. The Labute approximate surface area is 166 Å². The van der Waals surface area contributed by atoms with Crippen LogP contribution in [0.15, 0.2) is 41.4 Å². The van der Waals surface area contributed by atoms with E-state index in [9.17, 15) is 0 Å². The Balaban J connectivity index is 1.85. The van der Waals surface area contributed by atoms with E-state index in [1.165, 1.54) is 30.4 Å². The van der Waals surface area contributed by atoms with E-state index in [-0.39, 0.29) is 0 Å². The molecule has 4 rings (SSSR count). The fourth-order valence-electron chi connectivity index (χ4n) is 4.36. The Morgan fingerprint density at radius 1 is 1.07 bits per heavy atom. The Hall–Kier alpha value is -2.00. The minimum absolute atomic E-state index is 0.358. The zero-order valence-corrected chi connectivity index (χ0v) is 16.8. The molecular formula is C23H26ClNO2. The Kier molecular flexibility index (Phi) is 5.40. The summed E-state index contributed by atoms with van der Waals surface area (Å²) in [6.07, 6.45) is 4.87. The fraction of sp³-hybridized carbons (Fsp3) is 0.435. The van der Waals surface area contributed by atoms with Crippen LogP contribution in [0.5, 0.6) is 11.5 Å². The topological polar surface area (TPSA) is 30.8 Å². The summed E-state index contributed by atoms with van der Waals surface area (Å²) in [6.45, 7) is 2.64.